The molecule has 1 rings (SSSR count). The maximum absolute atomic E-state index is 13.7. The van der Waals surface area contributed by atoms with Crippen molar-refractivity contribution in [3.05, 3.63) is 35.1 Å². The standard InChI is InChI=1S/C13H12F4N2O/c1-2-8(6-7-18)19-12(20)9-4-3-5-10(11(9)14)13(15,16)17/h3-5,8H,2,6H2,1H3,(H,19,20). The molecule has 1 amide bonds. The summed E-state index contributed by atoms with van der Waals surface area (Å²) in [6.45, 7) is 1.70. The van der Waals surface area contributed by atoms with E-state index in [9.17, 15) is 22.4 Å². The average Bonchev–Trinajstić information content (AvgIpc) is 2.36. The van der Waals surface area contributed by atoms with Gasteiger partial charge in [0.05, 0.1) is 23.6 Å². The Morgan fingerprint density at radius 2 is 2.10 bits per heavy atom. The van der Waals surface area contributed by atoms with E-state index < -0.39 is 35.1 Å². The van der Waals surface area contributed by atoms with Gasteiger partial charge in [-0.1, -0.05) is 13.0 Å². The predicted octanol–water partition coefficient (Wildman–Crippen LogP) is 3.27. The summed E-state index contributed by atoms with van der Waals surface area (Å²) in [5.41, 5.74) is -2.17. The number of nitriles is 1. The second-order valence-corrected chi connectivity index (χ2v) is 4.11. The molecule has 0 saturated carbocycles. The molecule has 0 fully saturated rings. The summed E-state index contributed by atoms with van der Waals surface area (Å²) >= 11 is 0. The fourth-order valence-corrected chi connectivity index (χ4v) is 1.60. The normalized spacial score (nSPS) is 12.6. The summed E-state index contributed by atoms with van der Waals surface area (Å²) in [7, 11) is 0. The second kappa shape index (κ2) is 6.37. The van der Waals surface area contributed by atoms with Crippen molar-refractivity contribution in [3.63, 3.8) is 0 Å². The highest BCUT2D eigenvalue weighted by atomic mass is 19.4. The van der Waals surface area contributed by atoms with Gasteiger partial charge in [-0.15, -0.1) is 0 Å². The van der Waals surface area contributed by atoms with Crippen molar-refractivity contribution in [1.29, 1.82) is 5.26 Å². The largest absolute Gasteiger partial charge is 0.419 e. The van der Waals surface area contributed by atoms with Crippen molar-refractivity contribution in [2.24, 2.45) is 0 Å². The molecule has 0 bridgehead atoms. The first-order valence-electron chi connectivity index (χ1n) is 5.84. The van der Waals surface area contributed by atoms with Crippen molar-refractivity contribution in [2.45, 2.75) is 32.0 Å². The van der Waals surface area contributed by atoms with Gasteiger partial charge in [-0.25, -0.2) is 4.39 Å². The lowest BCUT2D eigenvalue weighted by Crippen LogP contribution is -2.34. The Balaban J connectivity index is 3.03. The molecule has 1 unspecified atom stereocenters. The smallest absolute Gasteiger partial charge is 0.348 e. The van der Waals surface area contributed by atoms with Crippen LogP contribution in [-0.4, -0.2) is 11.9 Å². The quantitative estimate of drug-likeness (QED) is 0.864. The highest BCUT2D eigenvalue weighted by Crippen LogP contribution is 2.32. The number of carbonyl (C=O) groups excluding carboxylic acids is 1. The Bertz CT molecular complexity index is 534. The van der Waals surface area contributed by atoms with Gasteiger partial charge in [0.15, 0.2) is 0 Å². The summed E-state index contributed by atoms with van der Waals surface area (Å²) < 4.78 is 51.3. The van der Waals surface area contributed by atoms with Gasteiger partial charge >= 0.3 is 6.18 Å². The topological polar surface area (TPSA) is 52.9 Å². The van der Waals surface area contributed by atoms with Crippen LogP contribution in [0.15, 0.2) is 18.2 Å². The van der Waals surface area contributed by atoms with Gasteiger partial charge in [0, 0.05) is 6.04 Å². The van der Waals surface area contributed by atoms with E-state index in [1.807, 2.05) is 6.07 Å². The Hall–Kier alpha value is -2.10. The third kappa shape index (κ3) is 3.70. The zero-order chi connectivity index (χ0) is 15.3. The van der Waals surface area contributed by atoms with Crippen LogP contribution >= 0.6 is 0 Å². The number of carbonyl (C=O) groups is 1. The van der Waals surface area contributed by atoms with Crippen molar-refractivity contribution in [1.82, 2.24) is 5.32 Å². The van der Waals surface area contributed by atoms with Gasteiger partial charge in [-0.2, -0.15) is 18.4 Å². The molecule has 0 radical (unpaired) electrons. The lowest BCUT2D eigenvalue weighted by Gasteiger charge is -2.15. The second-order valence-electron chi connectivity index (χ2n) is 4.11. The number of hydrogen-bond acceptors (Lipinski definition) is 2. The van der Waals surface area contributed by atoms with Crippen LogP contribution in [0.25, 0.3) is 0 Å². The molecule has 0 aliphatic rings. The minimum absolute atomic E-state index is 0.00280. The molecule has 20 heavy (non-hydrogen) atoms. The summed E-state index contributed by atoms with van der Waals surface area (Å²) in [6.07, 6.45) is -4.44. The Kier molecular flexibility index (Phi) is 5.08. The monoisotopic (exact) mass is 288 g/mol. The number of alkyl halides is 3. The van der Waals surface area contributed by atoms with E-state index in [4.69, 9.17) is 5.26 Å². The van der Waals surface area contributed by atoms with E-state index >= 15 is 0 Å². The third-order valence-electron chi connectivity index (χ3n) is 2.71. The zero-order valence-corrected chi connectivity index (χ0v) is 10.6. The highest BCUT2D eigenvalue weighted by Gasteiger charge is 2.35. The molecule has 0 heterocycles. The van der Waals surface area contributed by atoms with E-state index in [0.29, 0.717) is 12.5 Å². The number of nitrogens with zero attached hydrogens (tertiary/aromatic N) is 1. The van der Waals surface area contributed by atoms with Crippen molar-refractivity contribution < 1.29 is 22.4 Å². The van der Waals surface area contributed by atoms with Crippen LogP contribution in [0.2, 0.25) is 0 Å². The van der Waals surface area contributed by atoms with Crippen LogP contribution in [0, 0.1) is 17.1 Å². The fraction of sp³-hybridized carbons (Fsp3) is 0.385. The van der Waals surface area contributed by atoms with E-state index in [-0.39, 0.29) is 6.42 Å². The van der Waals surface area contributed by atoms with Crippen molar-refractivity contribution in [2.75, 3.05) is 0 Å². The summed E-state index contributed by atoms with van der Waals surface area (Å²) in [6, 6.07) is 3.81. The van der Waals surface area contributed by atoms with E-state index in [2.05, 4.69) is 5.32 Å². The molecule has 0 aromatic heterocycles. The number of benzene rings is 1. The Labute approximate surface area is 113 Å². The maximum Gasteiger partial charge on any atom is 0.419 e. The average molecular weight is 288 g/mol. The van der Waals surface area contributed by atoms with Gasteiger partial charge in [-0.05, 0) is 18.6 Å². The molecule has 1 aromatic rings. The molecule has 0 aliphatic heterocycles. The predicted molar refractivity (Wildman–Crippen MR) is 63.2 cm³/mol. The van der Waals surface area contributed by atoms with Gasteiger partial charge in [-0.3, -0.25) is 4.79 Å². The number of amides is 1. The molecule has 0 saturated heterocycles. The van der Waals surface area contributed by atoms with Crippen LogP contribution in [0.1, 0.15) is 35.7 Å². The van der Waals surface area contributed by atoms with Gasteiger partial charge in [0.1, 0.15) is 5.82 Å². The number of halogens is 4. The molecule has 3 nitrogen and oxygen atoms in total. The molecule has 0 aliphatic carbocycles. The van der Waals surface area contributed by atoms with Gasteiger partial charge in [0.25, 0.3) is 5.91 Å². The van der Waals surface area contributed by atoms with Crippen LogP contribution in [0.4, 0.5) is 17.6 Å². The molecule has 108 valence electrons. The van der Waals surface area contributed by atoms with Gasteiger partial charge in [0.2, 0.25) is 0 Å². The first-order chi connectivity index (χ1) is 9.31. The lowest BCUT2D eigenvalue weighted by atomic mass is 10.1. The molecule has 1 aromatic carbocycles. The van der Waals surface area contributed by atoms with E-state index in [1.165, 1.54) is 0 Å². The summed E-state index contributed by atoms with van der Waals surface area (Å²) in [5.74, 6) is -2.57. The van der Waals surface area contributed by atoms with Crippen molar-refractivity contribution in [3.8, 4) is 6.07 Å². The maximum atomic E-state index is 13.7. The van der Waals surface area contributed by atoms with E-state index in [0.717, 1.165) is 12.1 Å². The van der Waals surface area contributed by atoms with Crippen LogP contribution in [-0.2, 0) is 6.18 Å². The summed E-state index contributed by atoms with van der Waals surface area (Å²) in [5, 5.41) is 10.9. The van der Waals surface area contributed by atoms with Crippen LogP contribution in [0.3, 0.4) is 0 Å². The fourth-order valence-electron chi connectivity index (χ4n) is 1.60. The van der Waals surface area contributed by atoms with E-state index in [1.54, 1.807) is 6.92 Å². The van der Waals surface area contributed by atoms with Crippen LogP contribution < -0.4 is 5.32 Å². The summed E-state index contributed by atoms with van der Waals surface area (Å²) in [4.78, 5) is 11.8. The molecule has 0 spiro atoms. The first kappa shape index (κ1) is 16.0. The van der Waals surface area contributed by atoms with Crippen molar-refractivity contribution >= 4 is 5.91 Å². The van der Waals surface area contributed by atoms with Gasteiger partial charge < -0.3 is 5.32 Å². The van der Waals surface area contributed by atoms with Crippen LogP contribution in [0.5, 0.6) is 0 Å². The third-order valence-corrected chi connectivity index (χ3v) is 2.71. The minimum Gasteiger partial charge on any atom is -0.348 e. The Morgan fingerprint density at radius 3 is 2.60 bits per heavy atom. The number of hydrogen-bond donors (Lipinski definition) is 1. The highest BCUT2D eigenvalue weighted by molar-refractivity contribution is 5.94. The molecular formula is C13H12F4N2O. The molecule has 1 N–H and O–H groups in total. The minimum atomic E-state index is -4.86. The molecule has 7 heteroatoms. The number of rotatable bonds is 4. The first-order valence-corrected chi connectivity index (χ1v) is 5.84. The SMILES string of the molecule is CCC(CC#N)NC(=O)c1cccc(C(F)(F)F)c1F. The molecule has 1 atom stereocenters. The number of nitrogens with one attached hydrogen (secondary N) is 1. The lowest BCUT2D eigenvalue weighted by molar-refractivity contribution is -0.140. The molecular weight excluding hydrogens is 276 g/mol. The Morgan fingerprint density at radius 1 is 1.45 bits per heavy atom. The zero-order valence-electron chi connectivity index (χ0n) is 10.6.